The van der Waals surface area contributed by atoms with Crippen molar-refractivity contribution in [3.63, 3.8) is 0 Å². The lowest BCUT2D eigenvalue weighted by molar-refractivity contribution is 0.172. The molecule has 20 heavy (non-hydrogen) atoms. The van der Waals surface area contributed by atoms with Gasteiger partial charge in [0, 0.05) is 0 Å². The van der Waals surface area contributed by atoms with Crippen LogP contribution < -0.4 is 15.2 Å². The predicted octanol–water partition coefficient (Wildman–Crippen LogP) is 1.81. The summed E-state index contributed by atoms with van der Waals surface area (Å²) < 4.78 is 10.8. The summed E-state index contributed by atoms with van der Waals surface area (Å²) in [4.78, 5) is 16.4. The number of fused-ring (bicyclic) bond motifs is 2. The van der Waals surface area contributed by atoms with Gasteiger partial charge in [0.1, 0.15) is 11.8 Å². The monoisotopic (exact) mass is 287 g/mol. The fourth-order valence-corrected chi connectivity index (χ4v) is 2.85. The first kappa shape index (κ1) is 11.4. The van der Waals surface area contributed by atoms with Crippen molar-refractivity contribution in [2.75, 3.05) is 12.5 Å². The molecule has 1 aliphatic rings. The Balaban J connectivity index is 1.75. The Morgan fingerprint density at radius 1 is 1.25 bits per heavy atom. The average Bonchev–Trinajstić information content (AvgIpc) is 3.06. The van der Waals surface area contributed by atoms with Gasteiger partial charge >= 0.3 is 0 Å². The van der Waals surface area contributed by atoms with Crippen LogP contribution in [-0.2, 0) is 0 Å². The molecule has 3 aromatic rings. The number of ether oxygens (including phenoxy) is 2. The van der Waals surface area contributed by atoms with Gasteiger partial charge in [-0.2, -0.15) is 0 Å². The van der Waals surface area contributed by atoms with E-state index in [1.54, 1.807) is 0 Å². The fourth-order valence-electron chi connectivity index (χ4n) is 1.96. The second-order valence-corrected chi connectivity index (χ2v) is 5.12. The van der Waals surface area contributed by atoms with Crippen LogP contribution in [0.15, 0.2) is 34.6 Å². The van der Waals surface area contributed by atoms with Crippen LogP contribution in [0.5, 0.6) is 11.5 Å². The molecule has 0 unspecified atom stereocenters. The smallest absolute Gasteiger partial charge is 0.231 e. The van der Waals surface area contributed by atoms with Crippen LogP contribution in [0.4, 0.5) is 5.82 Å². The number of imidazole rings is 1. The van der Waals surface area contributed by atoms with Crippen molar-refractivity contribution in [1.82, 2.24) is 19.9 Å². The number of nitrogen functional groups attached to an aromatic ring is 1. The molecule has 0 amide bonds. The summed E-state index contributed by atoms with van der Waals surface area (Å²) >= 11 is 1.43. The molecule has 0 saturated heterocycles. The summed E-state index contributed by atoms with van der Waals surface area (Å²) in [5.41, 5.74) is 6.96. The predicted molar refractivity (Wildman–Crippen MR) is 72.8 cm³/mol. The first-order chi connectivity index (χ1) is 9.81. The molecule has 4 rings (SSSR count). The largest absolute Gasteiger partial charge is 0.454 e. The van der Waals surface area contributed by atoms with Crippen LogP contribution in [0.2, 0.25) is 0 Å². The number of aromatic nitrogens is 4. The zero-order valence-electron chi connectivity index (χ0n) is 10.2. The average molecular weight is 287 g/mol. The molecule has 1 aliphatic heterocycles. The van der Waals surface area contributed by atoms with Crippen LogP contribution in [-0.4, -0.2) is 26.7 Å². The summed E-state index contributed by atoms with van der Waals surface area (Å²) in [6, 6.07) is 5.72. The van der Waals surface area contributed by atoms with Crippen molar-refractivity contribution < 1.29 is 9.47 Å². The molecule has 8 heteroatoms. The van der Waals surface area contributed by atoms with Crippen molar-refractivity contribution >= 4 is 28.7 Å². The Morgan fingerprint density at radius 2 is 2.20 bits per heavy atom. The summed E-state index contributed by atoms with van der Waals surface area (Å²) in [5.74, 6) is 1.86. The molecule has 0 spiro atoms. The van der Waals surface area contributed by atoms with E-state index in [2.05, 4.69) is 19.9 Å². The molecule has 100 valence electrons. The fraction of sp³-hybridized carbons (Fsp3) is 0.0833. The third kappa shape index (κ3) is 1.73. The van der Waals surface area contributed by atoms with Crippen molar-refractivity contribution in [3.05, 3.63) is 24.5 Å². The van der Waals surface area contributed by atoms with Gasteiger partial charge in [-0.05, 0) is 23.9 Å². The number of hydrogen-bond acceptors (Lipinski definition) is 7. The molecule has 0 atom stereocenters. The molecule has 2 aromatic heterocycles. The Bertz CT molecular complexity index is 804. The molecule has 7 nitrogen and oxygen atoms in total. The molecule has 0 radical (unpaired) electrons. The lowest BCUT2D eigenvalue weighted by Gasteiger charge is -2.02. The quantitative estimate of drug-likeness (QED) is 0.741. The Morgan fingerprint density at radius 3 is 3.10 bits per heavy atom. The number of hydrogen-bond donors (Lipinski definition) is 2. The first-order valence-corrected chi connectivity index (χ1v) is 6.65. The number of anilines is 1. The molecule has 0 fully saturated rings. The van der Waals surface area contributed by atoms with Crippen molar-refractivity contribution in [1.29, 1.82) is 0 Å². The first-order valence-electron chi connectivity index (χ1n) is 5.84. The zero-order chi connectivity index (χ0) is 13.5. The standard InChI is InChI=1S/C12H9N5O2S/c13-10-8-11(15-4-14-10)17-12(16-8)20-7-3-1-2-6-9(7)19-5-18-6/h1-4H,5H2,(H3,13,14,15,16,17). The highest BCUT2D eigenvalue weighted by Crippen LogP contribution is 2.42. The topological polar surface area (TPSA) is 98.9 Å². The van der Waals surface area contributed by atoms with Crippen LogP contribution in [0, 0.1) is 0 Å². The zero-order valence-corrected chi connectivity index (χ0v) is 11.0. The van der Waals surface area contributed by atoms with Crippen LogP contribution in [0.1, 0.15) is 0 Å². The SMILES string of the molecule is Nc1ncnc2nc(Sc3cccc4c3OCO4)[nH]c12. The molecule has 0 aliphatic carbocycles. The minimum atomic E-state index is 0.242. The molecule has 0 saturated carbocycles. The number of nitrogens with one attached hydrogen (secondary N) is 1. The maximum atomic E-state index is 5.78. The maximum Gasteiger partial charge on any atom is 0.231 e. The van der Waals surface area contributed by atoms with Gasteiger partial charge in [0.15, 0.2) is 28.1 Å². The normalized spacial score (nSPS) is 13.0. The van der Waals surface area contributed by atoms with Crippen molar-refractivity contribution in [2.45, 2.75) is 10.1 Å². The lowest BCUT2D eigenvalue weighted by atomic mass is 10.3. The Kier molecular flexibility index (Phi) is 2.43. The van der Waals surface area contributed by atoms with Gasteiger partial charge in [0.25, 0.3) is 0 Å². The summed E-state index contributed by atoms with van der Waals surface area (Å²) in [6.07, 6.45) is 1.39. The minimum Gasteiger partial charge on any atom is -0.454 e. The number of aromatic amines is 1. The van der Waals surface area contributed by atoms with E-state index in [1.165, 1.54) is 18.1 Å². The van der Waals surface area contributed by atoms with E-state index in [0.717, 1.165) is 16.4 Å². The number of nitrogens with zero attached hydrogens (tertiary/aromatic N) is 3. The van der Waals surface area contributed by atoms with Gasteiger partial charge in [-0.15, -0.1) is 0 Å². The van der Waals surface area contributed by atoms with E-state index >= 15 is 0 Å². The van der Waals surface area contributed by atoms with E-state index in [1.807, 2.05) is 18.2 Å². The molecule has 3 N–H and O–H groups in total. The lowest BCUT2D eigenvalue weighted by Crippen LogP contribution is -1.93. The Hall–Kier alpha value is -2.48. The van der Waals surface area contributed by atoms with E-state index in [0.29, 0.717) is 22.1 Å². The highest BCUT2D eigenvalue weighted by atomic mass is 32.2. The number of benzene rings is 1. The van der Waals surface area contributed by atoms with Crippen molar-refractivity contribution in [2.24, 2.45) is 0 Å². The molecular weight excluding hydrogens is 278 g/mol. The Labute approximate surface area is 117 Å². The van der Waals surface area contributed by atoms with Gasteiger partial charge in [0.05, 0.1) is 4.90 Å². The summed E-state index contributed by atoms with van der Waals surface area (Å²) in [7, 11) is 0. The molecule has 0 bridgehead atoms. The third-order valence-corrected chi connectivity index (χ3v) is 3.79. The van der Waals surface area contributed by atoms with Gasteiger partial charge in [-0.25, -0.2) is 15.0 Å². The van der Waals surface area contributed by atoms with Gasteiger partial charge < -0.3 is 20.2 Å². The van der Waals surface area contributed by atoms with Gasteiger partial charge in [0.2, 0.25) is 6.79 Å². The van der Waals surface area contributed by atoms with Crippen LogP contribution in [0.25, 0.3) is 11.2 Å². The number of para-hydroxylation sites is 1. The highest BCUT2D eigenvalue weighted by molar-refractivity contribution is 7.99. The highest BCUT2D eigenvalue weighted by Gasteiger charge is 2.19. The van der Waals surface area contributed by atoms with Crippen molar-refractivity contribution in [3.8, 4) is 11.5 Å². The summed E-state index contributed by atoms with van der Waals surface area (Å²) in [5, 5.41) is 0.677. The number of rotatable bonds is 2. The second kappa shape index (κ2) is 4.27. The second-order valence-electron chi connectivity index (χ2n) is 4.09. The van der Waals surface area contributed by atoms with E-state index < -0.39 is 0 Å². The molecule has 1 aromatic carbocycles. The van der Waals surface area contributed by atoms with Crippen LogP contribution >= 0.6 is 11.8 Å². The number of nitrogens with two attached hydrogens (primary N) is 1. The minimum absolute atomic E-state index is 0.242. The van der Waals surface area contributed by atoms with Gasteiger partial charge in [-0.3, -0.25) is 0 Å². The third-order valence-electron chi connectivity index (χ3n) is 2.86. The van der Waals surface area contributed by atoms with Crippen LogP contribution in [0.3, 0.4) is 0 Å². The molecule has 3 heterocycles. The summed E-state index contributed by atoms with van der Waals surface area (Å²) in [6.45, 7) is 0.242. The maximum absolute atomic E-state index is 5.78. The van der Waals surface area contributed by atoms with E-state index in [9.17, 15) is 0 Å². The van der Waals surface area contributed by atoms with Gasteiger partial charge in [-0.1, -0.05) is 6.07 Å². The number of H-pyrrole nitrogens is 1. The van der Waals surface area contributed by atoms with E-state index in [-0.39, 0.29) is 6.79 Å². The molecular formula is C12H9N5O2S. The van der Waals surface area contributed by atoms with E-state index in [4.69, 9.17) is 15.2 Å².